The molecule has 0 radical (unpaired) electrons. The van der Waals surface area contributed by atoms with Gasteiger partial charge in [-0.2, -0.15) is 0 Å². The van der Waals surface area contributed by atoms with Crippen molar-refractivity contribution in [2.75, 3.05) is 0 Å². The molecule has 0 unspecified atom stereocenters. The van der Waals surface area contributed by atoms with Gasteiger partial charge >= 0.3 is 0 Å². The first kappa shape index (κ1) is 14.3. The summed E-state index contributed by atoms with van der Waals surface area (Å²) in [6.07, 6.45) is 3.43. The van der Waals surface area contributed by atoms with Crippen molar-refractivity contribution in [2.24, 2.45) is 0 Å². The summed E-state index contributed by atoms with van der Waals surface area (Å²) in [6, 6.07) is 2.00. The summed E-state index contributed by atoms with van der Waals surface area (Å²) >= 11 is 6.77. The summed E-state index contributed by atoms with van der Waals surface area (Å²) in [7, 11) is 0. The standard InChI is InChI=1S/C12H19Br2NO/c1-4-12(5-2,6-3)15-8-9-7-10(13)11(14)16-9/h7,15H,4-6,8H2,1-3H3. The van der Waals surface area contributed by atoms with Gasteiger partial charge in [-0.3, -0.25) is 0 Å². The van der Waals surface area contributed by atoms with Crippen molar-refractivity contribution in [3.05, 3.63) is 21.0 Å². The largest absolute Gasteiger partial charge is 0.452 e. The highest BCUT2D eigenvalue weighted by atomic mass is 79.9. The van der Waals surface area contributed by atoms with Crippen LogP contribution in [0.4, 0.5) is 0 Å². The van der Waals surface area contributed by atoms with E-state index in [-0.39, 0.29) is 5.54 Å². The molecule has 0 saturated carbocycles. The maximum atomic E-state index is 5.55. The lowest BCUT2D eigenvalue weighted by molar-refractivity contribution is 0.276. The molecule has 0 fully saturated rings. The van der Waals surface area contributed by atoms with E-state index in [9.17, 15) is 0 Å². The quantitative estimate of drug-likeness (QED) is 0.790. The molecule has 92 valence electrons. The summed E-state index contributed by atoms with van der Waals surface area (Å²) < 4.78 is 7.29. The van der Waals surface area contributed by atoms with Gasteiger partial charge in [0.15, 0.2) is 4.67 Å². The van der Waals surface area contributed by atoms with E-state index in [1.165, 1.54) is 0 Å². The van der Waals surface area contributed by atoms with Crippen LogP contribution in [0.1, 0.15) is 45.8 Å². The molecule has 0 aliphatic carbocycles. The summed E-state index contributed by atoms with van der Waals surface area (Å²) in [5.74, 6) is 0.957. The van der Waals surface area contributed by atoms with E-state index in [2.05, 4.69) is 57.9 Å². The Kier molecular flexibility index (Phi) is 5.54. The zero-order valence-electron chi connectivity index (χ0n) is 10.1. The molecule has 0 aliphatic heterocycles. The molecule has 2 nitrogen and oxygen atoms in total. The topological polar surface area (TPSA) is 25.2 Å². The number of halogens is 2. The minimum atomic E-state index is 0.242. The molecular weight excluding hydrogens is 334 g/mol. The van der Waals surface area contributed by atoms with E-state index in [0.717, 1.165) is 40.7 Å². The van der Waals surface area contributed by atoms with Crippen molar-refractivity contribution >= 4 is 31.9 Å². The lowest BCUT2D eigenvalue weighted by Crippen LogP contribution is -2.42. The molecule has 0 amide bonds. The third kappa shape index (κ3) is 3.34. The Labute approximate surface area is 114 Å². The van der Waals surface area contributed by atoms with Crippen LogP contribution in [0.25, 0.3) is 0 Å². The zero-order valence-corrected chi connectivity index (χ0v) is 13.2. The van der Waals surface area contributed by atoms with Gasteiger partial charge in [0.25, 0.3) is 0 Å². The smallest absolute Gasteiger partial charge is 0.183 e. The Morgan fingerprint density at radius 2 is 1.75 bits per heavy atom. The van der Waals surface area contributed by atoms with Gasteiger partial charge in [-0.15, -0.1) is 0 Å². The van der Waals surface area contributed by atoms with Crippen LogP contribution in [0.5, 0.6) is 0 Å². The van der Waals surface area contributed by atoms with Crippen LogP contribution in [0.15, 0.2) is 19.6 Å². The number of rotatable bonds is 6. The average Bonchev–Trinajstić information content (AvgIpc) is 2.61. The second kappa shape index (κ2) is 6.22. The maximum absolute atomic E-state index is 5.55. The van der Waals surface area contributed by atoms with Crippen molar-refractivity contribution in [2.45, 2.75) is 52.1 Å². The van der Waals surface area contributed by atoms with Crippen molar-refractivity contribution in [1.29, 1.82) is 0 Å². The van der Waals surface area contributed by atoms with Gasteiger partial charge in [-0.1, -0.05) is 20.8 Å². The second-order valence-electron chi connectivity index (χ2n) is 4.03. The fourth-order valence-corrected chi connectivity index (χ4v) is 2.54. The molecule has 1 aromatic heterocycles. The molecule has 0 aromatic carbocycles. The monoisotopic (exact) mass is 351 g/mol. The number of hydrogen-bond acceptors (Lipinski definition) is 2. The fraction of sp³-hybridized carbons (Fsp3) is 0.667. The summed E-state index contributed by atoms with van der Waals surface area (Å²) in [5, 5.41) is 3.60. The number of hydrogen-bond donors (Lipinski definition) is 1. The van der Waals surface area contributed by atoms with Gasteiger partial charge in [0.2, 0.25) is 0 Å². The van der Waals surface area contributed by atoms with E-state index in [1.807, 2.05) is 6.07 Å². The SMILES string of the molecule is CCC(CC)(CC)NCc1cc(Br)c(Br)o1. The Morgan fingerprint density at radius 3 is 2.12 bits per heavy atom. The molecule has 1 rings (SSSR count). The molecule has 0 saturated heterocycles. The lowest BCUT2D eigenvalue weighted by atomic mass is 9.90. The third-order valence-corrected chi connectivity index (χ3v) is 5.07. The predicted molar refractivity (Wildman–Crippen MR) is 74.6 cm³/mol. The zero-order chi connectivity index (χ0) is 12.2. The highest BCUT2D eigenvalue weighted by molar-refractivity contribution is 9.13. The Bertz CT molecular complexity index is 304. The van der Waals surface area contributed by atoms with Crippen LogP contribution in [0.3, 0.4) is 0 Å². The lowest BCUT2D eigenvalue weighted by Gasteiger charge is -2.31. The number of furan rings is 1. The van der Waals surface area contributed by atoms with E-state index in [1.54, 1.807) is 0 Å². The van der Waals surface area contributed by atoms with E-state index in [0.29, 0.717) is 0 Å². The summed E-state index contributed by atoms with van der Waals surface area (Å²) in [4.78, 5) is 0. The molecular formula is C12H19Br2NO. The highest BCUT2D eigenvalue weighted by Crippen LogP contribution is 2.27. The fourth-order valence-electron chi connectivity index (χ4n) is 1.88. The normalized spacial score (nSPS) is 12.1. The van der Waals surface area contributed by atoms with Crippen LogP contribution in [-0.2, 0) is 6.54 Å². The van der Waals surface area contributed by atoms with Gasteiger partial charge in [0.1, 0.15) is 5.76 Å². The first-order valence-electron chi connectivity index (χ1n) is 5.75. The van der Waals surface area contributed by atoms with Crippen LogP contribution in [-0.4, -0.2) is 5.54 Å². The first-order valence-corrected chi connectivity index (χ1v) is 7.34. The molecule has 1 heterocycles. The van der Waals surface area contributed by atoms with Crippen LogP contribution < -0.4 is 5.32 Å². The molecule has 4 heteroatoms. The molecule has 0 aliphatic rings. The molecule has 0 atom stereocenters. The van der Waals surface area contributed by atoms with Crippen LogP contribution >= 0.6 is 31.9 Å². The predicted octanol–water partition coefficient (Wildman–Crippen LogP) is 4.86. The molecule has 0 bridgehead atoms. The van der Waals surface area contributed by atoms with Crippen molar-refractivity contribution in [3.63, 3.8) is 0 Å². The van der Waals surface area contributed by atoms with E-state index >= 15 is 0 Å². The van der Waals surface area contributed by atoms with E-state index < -0.39 is 0 Å². The van der Waals surface area contributed by atoms with Gasteiger partial charge in [0.05, 0.1) is 11.0 Å². The molecule has 1 N–H and O–H groups in total. The number of nitrogens with one attached hydrogen (secondary N) is 1. The van der Waals surface area contributed by atoms with Crippen molar-refractivity contribution in [3.8, 4) is 0 Å². The minimum absolute atomic E-state index is 0.242. The van der Waals surface area contributed by atoms with Gasteiger partial charge < -0.3 is 9.73 Å². The molecule has 16 heavy (non-hydrogen) atoms. The third-order valence-electron chi connectivity index (χ3n) is 3.36. The maximum Gasteiger partial charge on any atom is 0.183 e. The molecule has 0 spiro atoms. The summed E-state index contributed by atoms with van der Waals surface area (Å²) in [5.41, 5.74) is 0.242. The van der Waals surface area contributed by atoms with Gasteiger partial charge in [0, 0.05) is 5.54 Å². The van der Waals surface area contributed by atoms with Crippen LogP contribution in [0.2, 0.25) is 0 Å². The first-order chi connectivity index (χ1) is 7.56. The van der Waals surface area contributed by atoms with Crippen LogP contribution in [0, 0.1) is 0 Å². The van der Waals surface area contributed by atoms with Gasteiger partial charge in [-0.05, 0) is 57.2 Å². The molecule has 1 aromatic rings. The minimum Gasteiger partial charge on any atom is -0.452 e. The highest BCUT2D eigenvalue weighted by Gasteiger charge is 2.23. The average molecular weight is 353 g/mol. The van der Waals surface area contributed by atoms with Crippen molar-refractivity contribution in [1.82, 2.24) is 5.32 Å². The van der Waals surface area contributed by atoms with Crippen molar-refractivity contribution < 1.29 is 4.42 Å². The second-order valence-corrected chi connectivity index (χ2v) is 5.60. The van der Waals surface area contributed by atoms with E-state index in [4.69, 9.17) is 4.42 Å². The Morgan fingerprint density at radius 1 is 1.19 bits per heavy atom. The summed E-state index contributed by atoms with van der Waals surface area (Å²) in [6.45, 7) is 7.47. The van der Waals surface area contributed by atoms with Gasteiger partial charge in [-0.25, -0.2) is 0 Å². The Hall–Kier alpha value is 0.200. The Balaban J connectivity index is 2.62.